The molecule has 0 unspecified atom stereocenters. The van der Waals surface area contributed by atoms with Crippen LogP contribution in [0.1, 0.15) is 35.7 Å². The summed E-state index contributed by atoms with van der Waals surface area (Å²) in [5.41, 5.74) is 2.51. The maximum atomic E-state index is 12.5. The van der Waals surface area contributed by atoms with Crippen LogP contribution in [-0.2, 0) is 11.3 Å². The number of amides is 2. The van der Waals surface area contributed by atoms with Crippen molar-refractivity contribution in [2.45, 2.75) is 26.3 Å². The Kier molecular flexibility index (Phi) is 7.54. The Bertz CT molecular complexity index is 867. The summed E-state index contributed by atoms with van der Waals surface area (Å²) in [6, 6.07) is 13.1. The first-order valence-corrected chi connectivity index (χ1v) is 10.3. The first-order chi connectivity index (χ1) is 14.6. The molecule has 2 N–H and O–H groups in total. The molecule has 2 aromatic rings. The fraction of sp³-hybridized carbons (Fsp3) is 0.391. The van der Waals surface area contributed by atoms with E-state index in [1.807, 2.05) is 29.2 Å². The average Bonchev–Trinajstić information content (AvgIpc) is 2.78. The van der Waals surface area contributed by atoms with Crippen molar-refractivity contribution in [3.63, 3.8) is 0 Å². The van der Waals surface area contributed by atoms with E-state index < -0.39 is 0 Å². The van der Waals surface area contributed by atoms with E-state index in [-0.39, 0.29) is 11.8 Å². The predicted molar refractivity (Wildman–Crippen MR) is 116 cm³/mol. The third-order valence-corrected chi connectivity index (χ3v) is 4.97. The van der Waals surface area contributed by atoms with E-state index in [2.05, 4.69) is 17.6 Å². The summed E-state index contributed by atoms with van der Waals surface area (Å²) in [6.45, 7) is 4.96. The Morgan fingerprint density at radius 2 is 1.97 bits per heavy atom. The molecule has 1 heterocycles. The second kappa shape index (κ2) is 10.5. The number of anilines is 1. The van der Waals surface area contributed by atoms with Gasteiger partial charge in [0.1, 0.15) is 0 Å². The molecule has 0 atom stereocenters. The van der Waals surface area contributed by atoms with Gasteiger partial charge in [0.15, 0.2) is 11.5 Å². The lowest BCUT2D eigenvalue weighted by molar-refractivity contribution is -0.120. The van der Waals surface area contributed by atoms with Gasteiger partial charge in [0.25, 0.3) is 5.91 Å². The predicted octanol–water partition coefficient (Wildman–Crippen LogP) is 2.74. The van der Waals surface area contributed by atoms with Crippen LogP contribution in [0.5, 0.6) is 11.5 Å². The van der Waals surface area contributed by atoms with Crippen LogP contribution in [0.4, 0.5) is 5.69 Å². The fourth-order valence-electron chi connectivity index (χ4n) is 3.22. The number of ether oxygens (including phenoxy) is 2. The van der Waals surface area contributed by atoms with Crippen molar-refractivity contribution >= 4 is 17.5 Å². The second-order valence-electron chi connectivity index (χ2n) is 7.19. The standard InChI is InChI=1S/C23H29N3O4/c1-3-4-13-30-20-10-7-18(14-21(20)29-2)23(28)25-15-17-5-8-19(9-6-17)26-12-11-24-22(27)16-26/h5-10,14H,3-4,11-13,15-16H2,1-2H3,(H,24,27)(H,25,28). The van der Waals surface area contributed by atoms with Gasteiger partial charge in [0.2, 0.25) is 5.91 Å². The van der Waals surface area contributed by atoms with E-state index in [9.17, 15) is 9.59 Å². The normalized spacial score (nSPS) is 13.5. The van der Waals surface area contributed by atoms with Gasteiger partial charge in [-0.15, -0.1) is 0 Å². The van der Waals surface area contributed by atoms with E-state index in [1.165, 1.54) is 0 Å². The summed E-state index contributed by atoms with van der Waals surface area (Å²) in [6.07, 6.45) is 2.02. The molecule has 3 rings (SSSR count). The van der Waals surface area contributed by atoms with Gasteiger partial charge >= 0.3 is 0 Å². The minimum atomic E-state index is -0.176. The van der Waals surface area contributed by atoms with Crippen LogP contribution >= 0.6 is 0 Å². The zero-order chi connectivity index (χ0) is 21.3. The number of nitrogens with zero attached hydrogens (tertiary/aromatic N) is 1. The molecule has 2 aromatic carbocycles. The second-order valence-corrected chi connectivity index (χ2v) is 7.19. The topological polar surface area (TPSA) is 79.9 Å². The number of nitrogens with one attached hydrogen (secondary N) is 2. The lowest BCUT2D eigenvalue weighted by atomic mass is 10.1. The van der Waals surface area contributed by atoms with Crippen molar-refractivity contribution < 1.29 is 19.1 Å². The van der Waals surface area contributed by atoms with E-state index in [0.717, 1.165) is 30.6 Å². The number of benzene rings is 2. The zero-order valence-electron chi connectivity index (χ0n) is 17.6. The molecular formula is C23H29N3O4. The number of carbonyl (C=O) groups is 2. The molecule has 0 aliphatic carbocycles. The van der Waals surface area contributed by atoms with E-state index in [4.69, 9.17) is 9.47 Å². The molecule has 160 valence electrons. The van der Waals surface area contributed by atoms with Crippen LogP contribution in [0.2, 0.25) is 0 Å². The van der Waals surface area contributed by atoms with Gasteiger partial charge in [-0.2, -0.15) is 0 Å². The van der Waals surface area contributed by atoms with Crippen LogP contribution in [0.3, 0.4) is 0 Å². The zero-order valence-corrected chi connectivity index (χ0v) is 17.6. The lowest BCUT2D eigenvalue weighted by Crippen LogP contribution is -2.47. The highest BCUT2D eigenvalue weighted by atomic mass is 16.5. The van der Waals surface area contributed by atoms with Gasteiger partial charge in [-0.1, -0.05) is 25.5 Å². The van der Waals surface area contributed by atoms with E-state index in [0.29, 0.717) is 43.3 Å². The van der Waals surface area contributed by atoms with Gasteiger partial charge < -0.3 is 25.0 Å². The highest BCUT2D eigenvalue weighted by molar-refractivity contribution is 5.94. The van der Waals surface area contributed by atoms with Crippen molar-refractivity contribution in [1.82, 2.24) is 10.6 Å². The summed E-state index contributed by atoms with van der Waals surface area (Å²) < 4.78 is 11.1. The van der Waals surface area contributed by atoms with Gasteiger partial charge in [0.05, 0.1) is 20.3 Å². The SMILES string of the molecule is CCCCOc1ccc(C(=O)NCc2ccc(N3CCNC(=O)C3)cc2)cc1OC. The maximum absolute atomic E-state index is 12.5. The van der Waals surface area contributed by atoms with E-state index >= 15 is 0 Å². The van der Waals surface area contributed by atoms with Crippen LogP contribution < -0.4 is 25.0 Å². The van der Waals surface area contributed by atoms with Crippen LogP contribution in [0.15, 0.2) is 42.5 Å². The number of unbranched alkanes of at least 4 members (excludes halogenated alkanes) is 1. The number of methoxy groups -OCH3 is 1. The fourth-order valence-corrected chi connectivity index (χ4v) is 3.22. The Hall–Kier alpha value is -3.22. The molecule has 2 amide bonds. The molecule has 1 fully saturated rings. The minimum Gasteiger partial charge on any atom is -0.493 e. The van der Waals surface area contributed by atoms with Crippen molar-refractivity contribution in [3.8, 4) is 11.5 Å². The first-order valence-electron chi connectivity index (χ1n) is 10.3. The third-order valence-electron chi connectivity index (χ3n) is 4.97. The lowest BCUT2D eigenvalue weighted by Gasteiger charge is -2.28. The van der Waals surface area contributed by atoms with Crippen molar-refractivity contribution in [3.05, 3.63) is 53.6 Å². The molecule has 0 radical (unpaired) electrons. The maximum Gasteiger partial charge on any atom is 0.251 e. The summed E-state index contributed by atoms with van der Waals surface area (Å²) in [7, 11) is 1.57. The third kappa shape index (κ3) is 5.65. The van der Waals surface area contributed by atoms with Crippen molar-refractivity contribution in [2.75, 3.05) is 38.3 Å². The first kappa shape index (κ1) is 21.5. The van der Waals surface area contributed by atoms with Crippen molar-refractivity contribution in [1.29, 1.82) is 0 Å². The van der Waals surface area contributed by atoms with Gasteiger partial charge in [-0.05, 0) is 42.3 Å². The molecule has 1 aliphatic heterocycles. The number of hydrogen-bond acceptors (Lipinski definition) is 5. The van der Waals surface area contributed by atoms with Crippen LogP contribution in [0, 0.1) is 0 Å². The molecule has 0 aromatic heterocycles. The highest BCUT2D eigenvalue weighted by Crippen LogP contribution is 2.28. The molecule has 0 spiro atoms. The number of hydrogen-bond donors (Lipinski definition) is 2. The Morgan fingerprint density at radius 1 is 1.17 bits per heavy atom. The molecule has 7 heteroatoms. The van der Waals surface area contributed by atoms with E-state index in [1.54, 1.807) is 25.3 Å². The summed E-state index contributed by atoms with van der Waals surface area (Å²) in [4.78, 5) is 26.1. The van der Waals surface area contributed by atoms with Gasteiger partial charge in [0, 0.05) is 30.9 Å². The molecule has 0 bridgehead atoms. The Balaban J connectivity index is 1.56. The minimum absolute atomic E-state index is 0.0369. The Labute approximate surface area is 177 Å². The van der Waals surface area contributed by atoms with Gasteiger partial charge in [-0.25, -0.2) is 0 Å². The van der Waals surface area contributed by atoms with Crippen LogP contribution in [-0.4, -0.2) is 45.2 Å². The largest absolute Gasteiger partial charge is 0.493 e. The van der Waals surface area contributed by atoms with Crippen molar-refractivity contribution in [2.24, 2.45) is 0 Å². The highest BCUT2D eigenvalue weighted by Gasteiger charge is 2.16. The average molecular weight is 412 g/mol. The molecule has 30 heavy (non-hydrogen) atoms. The monoisotopic (exact) mass is 411 g/mol. The molecule has 7 nitrogen and oxygen atoms in total. The quantitative estimate of drug-likeness (QED) is 0.621. The molecule has 1 saturated heterocycles. The number of piperazine rings is 1. The molecule has 1 aliphatic rings. The van der Waals surface area contributed by atoms with Gasteiger partial charge in [-0.3, -0.25) is 9.59 Å². The summed E-state index contributed by atoms with van der Waals surface area (Å²) in [5, 5.41) is 5.75. The van der Waals surface area contributed by atoms with Crippen LogP contribution in [0.25, 0.3) is 0 Å². The summed E-state index contributed by atoms with van der Waals surface area (Å²) >= 11 is 0. The number of carbonyl (C=O) groups excluding carboxylic acids is 2. The molecular weight excluding hydrogens is 382 g/mol. The summed E-state index contributed by atoms with van der Waals surface area (Å²) in [5.74, 6) is 1.05. The molecule has 0 saturated carbocycles. The number of rotatable bonds is 9. The Morgan fingerprint density at radius 3 is 2.67 bits per heavy atom. The smallest absolute Gasteiger partial charge is 0.251 e.